The number of carbonyl (C=O) groups is 1. The van der Waals surface area contributed by atoms with E-state index in [-0.39, 0.29) is 11.0 Å². The molecule has 2 aromatic carbocycles. The van der Waals surface area contributed by atoms with Crippen molar-refractivity contribution in [1.29, 1.82) is 0 Å². The van der Waals surface area contributed by atoms with Gasteiger partial charge in [0.1, 0.15) is 0 Å². The summed E-state index contributed by atoms with van der Waals surface area (Å²) in [7, 11) is 0. The van der Waals surface area contributed by atoms with Gasteiger partial charge in [-0.25, -0.2) is 0 Å². The van der Waals surface area contributed by atoms with E-state index in [1.807, 2.05) is 50.2 Å². The van der Waals surface area contributed by atoms with E-state index < -0.39 is 0 Å². The number of tetrazole rings is 1. The van der Waals surface area contributed by atoms with Crippen LogP contribution in [0.5, 0.6) is 0 Å². The summed E-state index contributed by atoms with van der Waals surface area (Å²) in [4.78, 5) is 12.7. The van der Waals surface area contributed by atoms with Crippen LogP contribution in [0.25, 0.3) is 5.69 Å². The minimum absolute atomic E-state index is 0.0770. The van der Waals surface area contributed by atoms with E-state index >= 15 is 0 Å². The van der Waals surface area contributed by atoms with Gasteiger partial charge in [0.2, 0.25) is 5.16 Å². The third-order valence-electron chi connectivity index (χ3n) is 4.54. The highest BCUT2D eigenvalue weighted by Gasteiger charge is 2.21. The summed E-state index contributed by atoms with van der Waals surface area (Å²) < 4.78 is 1.71. The monoisotopic (exact) mass is 366 g/mol. The Labute approximate surface area is 157 Å². The fourth-order valence-electron chi connectivity index (χ4n) is 2.72. The fourth-order valence-corrected chi connectivity index (χ4v) is 3.60. The molecule has 5 nitrogen and oxygen atoms in total. The molecule has 0 saturated carbocycles. The Morgan fingerprint density at radius 2 is 1.88 bits per heavy atom. The highest BCUT2D eigenvalue weighted by Crippen LogP contribution is 2.27. The molecular formula is C20H22N4OS. The standard InChI is InChI=1S/C20H22N4OS/c1-5-16-9-11-17(12-10-16)19(25)15(4)26-20-21-22-23-24(20)18-8-6-7-13(2)14(18)3/h6-12,15H,5H2,1-4H3. The number of rotatable bonds is 6. The Morgan fingerprint density at radius 1 is 1.15 bits per heavy atom. The molecule has 1 heterocycles. The Kier molecular flexibility index (Phi) is 5.52. The van der Waals surface area contributed by atoms with Gasteiger partial charge < -0.3 is 0 Å². The van der Waals surface area contributed by atoms with Crippen LogP contribution in [0.15, 0.2) is 47.6 Å². The van der Waals surface area contributed by atoms with E-state index in [9.17, 15) is 4.79 Å². The van der Waals surface area contributed by atoms with Gasteiger partial charge in [0.05, 0.1) is 10.9 Å². The Hall–Kier alpha value is -2.47. The zero-order valence-corrected chi connectivity index (χ0v) is 16.2. The summed E-state index contributed by atoms with van der Waals surface area (Å²) in [6.45, 7) is 8.10. The third kappa shape index (κ3) is 3.70. The van der Waals surface area contributed by atoms with E-state index in [2.05, 4.69) is 35.4 Å². The summed E-state index contributed by atoms with van der Waals surface area (Å²) in [6, 6.07) is 13.8. The average Bonchev–Trinajstić information content (AvgIpc) is 3.11. The van der Waals surface area contributed by atoms with Gasteiger partial charge in [-0.05, 0) is 60.4 Å². The molecule has 0 N–H and O–H groups in total. The number of aryl methyl sites for hydroxylation is 2. The quantitative estimate of drug-likeness (QED) is 0.483. The molecule has 3 rings (SSSR count). The number of thioether (sulfide) groups is 1. The first-order valence-corrected chi connectivity index (χ1v) is 9.54. The van der Waals surface area contributed by atoms with E-state index in [0.717, 1.165) is 17.7 Å². The van der Waals surface area contributed by atoms with E-state index in [1.165, 1.54) is 22.9 Å². The summed E-state index contributed by atoms with van der Waals surface area (Å²) in [5.41, 5.74) is 5.17. The molecule has 26 heavy (non-hydrogen) atoms. The predicted octanol–water partition coefficient (Wildman–Crippen LogP) is 4.21. The van der Waals surface area contributed by atoms with Crippen LogP contribution in [-0.2, 0) is 6.42 Å². The van der Waals surface area contributed by atoms with Crippen LogP contribution < -0.4 is 0 Å². The number of ketones is 1. The van der Waals surface area contributed by atoms with Crippen molar-refractivity contribution in [3.05, 3.63) is 64.7 Å². The molecule has 0 saturated heterocycles. The van der Waals surface area contributed by atoms with Crippen LogP contribution >= 0.6 is 11.8 Å². The summed E-state index contributed by atoms with van der Waals surface area (Å²) in [5.74, 6) is 0.0770. The molecule has 0 bridgehead atoms. The molecule has 0 radical (unpaired) electrons. The highest BCUT2D eigenvalue weighted by atomic mass is 32.2. The van der Waals surface area contributed by atoms with Gasteiger partial charge in [0.25, 0.3) is 0 Å². The highest BCUT2D eigenvalue weighted by molar-refractivity contribution is 8.00. The molecule has 0 aliphatic rings. The second-order valence-corrected chi connectivity index (χ2v) is 7.58. The number of nitrogens with zero attached hydrogens (tertiary/aromatic N) is 4. The molecular weight excluding hydrogens is 344 g/mol. The van der Waals surface area contributed by atoms with Gasteiger partial charge in [-0.3, -0.25) is 4.79 Å². The van der Waals surface area contributed by atoms with Gasteiger partial charge in [-0.15, -0.1) is 5.10 Å². The minimum Gasteiger partial charge on any atom is -0.293 e. The van der Waals surface area contributed by atoms with Crippen molar-refractivity contribution in [2.45, 2.75) is 44.5 Å². The second-order valence-electron chi connectivity index (χ2n) is 6.27. The maximum atomic E-state index is 12.7. The summed E-state index contributed by atoms with van der Waals surface area (Å²) >= 11 is 1.38. The van der Waals surface area contributed by atoms with Crippen molar-refractivity contribution in [3.8, 4) is 5.69 Å². The van der Waals surface area contributed by atoms with Crippen molar-refractivity contribution in [2.75, 3.05) is 0 Å². The van der Waals surface area contributed by atoms with Crippen LogP contribution in [-0.4, -0.2) is 31.2 Å². The lowest BCUT2D eigenvalue weighted by atomic mass is 10.1. The van der Waals surface area contributed by atoms with Gasteiger partial charge in [0, 0.05) is 5.56 Å². The maximum absolute atomic E-state index is 12.7. The molecule has 1 aromatic heterocycles. The molecule has 134 valence electrons. The van der Waals surface area contributed by atoms with Crippen LogP contribution in [0.3, 0.4) is 0 Å². The Morgan fingerprint density at radius 3 is 2.58 bits per heavy atom. The van der Waals surface area contributed by atoms with Crippen molar-refractivity contribution in [3.63, 3.8) is 0 Å². The van der Waals surface area contributed by atoms with E-state index in [0.29, 0.717) is 10.7 Å². The topological polar surface area (TPSA) is 60.7 Å². The van der Waals surface area contributed by atoms with Crippen LogP contribution in [0, 0.1) is 13.8 Å². The molecule has 0 amide bonds. The van der Waals surface area contributed by atoms with Crippen molar-refractivity contribution in [1.82, 2.24) is 20.2 Å². The average molecular weight is 366 g/mol. The molecule has 1 atom stereocenters. The second kappa shape index (κ2) is 7.83. The largest absolute Gasteiger partial charge is 0.293 e. The molecule has 0 aliphatic carbocycles. The Balaban J connectivity index is 1.82. The number of hydrogen-bond acceptors (Lipinski definition) is 5. The normalized spacial score (nSPS) is 12.2. The minimum atomic E-state index is -0.280. The zero-order valence-electron chi connectivity index (χ0n) is 15.4. The smallest absolute Gasteiger partial charge is 0.214 e. The lowest BCUT2D eigenvalue weighted by Crippen LogP contribution is -2.15. The number of hydrogen-bond donors (Lipinski definition) is 0. The van der Waals surface area contributed by atoms with Crippen LogP contribution in [0.4, 0.5) is 0 Å². The zero-order chi connectivity index (χ0) is 18.7. The van der Waals surface area contributed by atoms with Crippen LogP contribution in [0.2, 0.25) is 0 Å². The van der Waals surface area contributed by atoms with E-state index in [1.54, 1.807) is 4.68 Å². The van der Waals surface area contributed by atoms with Crippen molar-refractivity contribution >= 4 is 17.5 Å². The molecule has 1 unspecified atom stereocenters. The van der Waals surface area contributed by atoms with Gasteiger partial charge >= 0.3 is 0 Å². The number of aromatic nitrogens is 4. The maximum Gasteiger partial charge on any atom is 0.214 e. The summed E-state index contributed by atoms with van der Waals surface area (Å²) in [5, 5.41) is 12.4. The van der Waals surface area contributed by atoms with Crippen LogP contribution in [0.1, 0.15) is 40.9 Å². The SMILES string of the molecule is CCc1ccc(C(=O)C(C)Sc2nnnn2-c2cccc(C)c2C)cc1. The first-order chi connectivity index (χ1) is 12.5. The number of Topliss-reactive ketones (excluding diaryl/α,β-unsaturated/α-hetero) is 1. The molecule has 0 fully saturated rings. The first-order valence-electron chi connectivity index (χ1n) is 8.66. The molecule has 6 heteroatoms. The Bertz CT molecular complexity index is 918. The van der Waals surface area contributed by atoms with Gasteiger partial charge in [-0.1, -0.05) is 55.1 Å². The molecule has 0 aliphatic heterocycles. The molecule has 0 spiro atoms. The van der Waals surface area contributed by atoms with Gasteiger partial charge in [-0.2, -0.15) is 4.68 Å². The fraction of sp³-hybridized carbons (Fsp3) is 0.300. The summed E-state index contributed by atoms with van der Waals surface area (Å²) in [6.07, 6.45) is 0.962. The predicted molar refractivity (Wildman–Crippen MR) is 104 cm³/mol. The lowest BCUT2D eigenvalue weighted by molar-refractivity contribution is 0.0994. The number of carbonyl (C=O) groups excluding carboxylic acids is 1. The lowest BCUT2D eigenvalue weighted by Gasteiger charge is -2.12. The van der Waals surface area contributed by atoms with Crippen molar-refractivity contribution in [2.24, 2.45) is 0 Å². The number of benzene rings is 2. The molecule has 3 aromatic rings. The third-order valence-corrected chi connectivity index (χ3v) is 5.58. The first kappa shape index (κ1) is 18.3. The van der Waals surface area contributed by atoms with Gasteiger partial charge in [0.15, 0.2) is 5.78 Å². The van der Waals surface area contributed by atoms with E-state index in [4.69, 9.17) is 0 Å². The van der Waals surface area contributed by atoms with Crippen molar-refractivity contribution < 1.29 is 4.79 Å².